The van der Waals surface area contributed by atoms with Gasteiger partial charge in [-0.2, -0.15) is 18.3 Å². The van der Waals surface area contributed by atoms with E-state index >= 15 is 0 Å². The minimum Gasteiger partial charge on any atom is -0.306 e. The molecule has 2 aromatic heterocycles. The molecule has 3 aromatic rings. The van der Waals surface area contributed by atoms with Crippen molar-refractivity contribution in [2.75, 3.05) is 5.32 Å². The molecular weight excluding hydrogens is 381 g/mol. The van der Waals surface area contributed by atoms with Crippen LogP contribution in [0.1, 0.15) is 27.3 Å². The van der Waals surface area contributed by atoms with Crippen LogP contribution in [0.2, 0.25) is 5.02 Å². The molecule has 0 atom stereocenters. The van der Waals surface area contributed by atoms with E-state index in [0.29, 0.717) is 17.3 Å². The molecule has 1 aromatic carbocycles. The number of carbonyl (C=O) groups excluding carboxylic acids is 1. The molecule has 0 saturated heterocycles. The summed E-state index contributed by atoms with van der Waals surface area (Å²) in [6, 6.07) is 10.5. The van der Waals surface area contributed by atoms with E-state index in [4.69, 9.17) is 11.6 Å². The first-order valence-corrected chi connectivity index (χ1v) is 8.24. The number of alkyl halides is 3. The van der Waals surface area contributed by atoms with Crippen LogP contribution >= 0.6 is 11.6 Å². The van der Waals surface area contributed by atoms with Gasteiger partial charge in [0.2, 0.25) is 0 Å². The fourth-order valence-corrected chi connectivity index (χ4v) is 2.70. The van der Waals surface area contributed by atoms with Gasteiger partial charge >= 0.3 is 6.18 Å². The van der Waals surface area contributed by atoms with E-state index in [0.717, 1.165) is 11.6 Å². The van der Waals surface area contributed by atoms with Crippen molar-refractivity contribution in [2.24, 2.45) is 0 Å². The molecular formula is C18H14ClF3N4O. The lowest BCUT2D eigenvalue weighted by atomic mass is 10.2. The average molecular weight is 395 g/mol. The maximum Gasteiger partial charge on any atom is 0.433 e. The van der Waals surface area contributed by atoms with Crippen molar-refractivity contribution >= 4 is 23.3 Å². The zero-order valence-corrected chi connectivity index (χ0v) is 14.8. The van der Waals surface area contributed by atoms with Gasteiger partial charge in [0.05, 0.1) is 17.8 Å². The normalized spacial score (nSPS) is 11.4. The molecule has 0 radical (unpaired) electrons. The summed E-state index contributed by atoms with van der Waals surface area (Å²) in [7, 11) is 0. The number of halogens is 4. The quantitative estimate of drug-likeness (QED) is 0.705. The van der Waals surface area contributed by atoms with Crippen molar-refractivity contribution in [3.05, 3.63) is 76.2 Å². The van der Waals surface area contributed by atoms with Crippen LogP contribution in [0.25, 0.3) is 0 Å². The number of benzene rings is 1. The highest BCUT2D eigenvalue weighted by Gasteiger charge is 2.32. The van der Waals surface area contributed by atoms with Crippen molar-refractivity contribution in [3.63, 3.8) is 0 Å². The Morgan fingerprint density at radius 2 is 1.96 bits per heavy atom. The molecule has 0 aliphatic carbocycles. The van der Waals surface area contributed by atoms with E-state index in [1.165, 1.54) is 18.3 Å². The van der Waals surface area contributed by atoms with Crippen molar-refractivity contribution in [1.29, 1.82) is 0 Å². The molecule has 0 spiro atoms. The van der Waals surface area contributed by atoms with E-state index in [-0.39, 0.29) is 11.4 Å². The van der Waals surface area contributed by atoms with E-state index in [1.54, 1.807) is 29.8 Å². The molecule has 1 amide bonds. The molecule has 3 rings (SSSR count). The van der Waals surface area contributed by atoms with Crippen LogP contribution in [0, 0.1) is 6.92 Å². The molecule has 0 saturated carbocycles. The molecule has 0 fully saturated rings. The zero-order chi connectivity index (χ0) is 19.6. The summed E-state index contributed by atoms with van der Waals surface area (Å²) in [6.07, 6.45) is -3.06. The van der Waals surface area contributed by atoms with Gasteiger partial charge in [0.25, 0.3) is 5.91 Å². The highest BCUT2D eigenvalue weighted by Crippen LogP contribution is 2.28. The standard InChI is InChI=1S/C18H14ClF3N4O/c1-11-14(10-26(25-11)9-12-4-2-5-13(19)8-12)17(27)24-16-7-3-6-15(23-16)18(20,21)22/h2-8,10H,9H2,1H3,(H,23,24,27). The Hall–Kier alpha value is -2.87. The van der Waals surface area contributed by atoms with Crippen LogP contribution in [0.4, 0.5) is 19.0 Å². The van der Waals surface area contributed by atoms with Crippen LogP contribution in [0.15, 0.2) is 48.7 Å². The number of amides is 1. The highest BCUT2D eigenvalue weighted by molar-refractivity contribution is 6.30. The number of nitrogens with one attached hydrogen (secondary N) is 1. The number of rotatable bonds is 4. The number of hydrogen-bond donors (Lipinski definition) is 1. The smallest absolute Gasteiger partial charge is 0.306 e. The summed E-state index contributed by atoms with van der Waals surface area (Å²) in [4.78, 5) is 15.8. The van der Waals surface area contributed by atoms with Gasteiger partial charge in [-0.3, -0.25) is 9.48 Å². The number of nitrogens with zero attached hydrogens (tertiary/aromatic N) is 3. The molecule has 1 N–H and O–H groups in total. The van der Waals surface area contributed by atoms with Gasteiger partial charge < -0.3 is 5.32 Å². The molecule has 0 aliphatic rings. The van der Waals surface area contributed by atoms with Crippen molar-refractivity contribution < 1.29 is 18.0 Å². The van der Waals surface area contributed by atoms with E-state index in [2.05, 4.69) is 15.4 Å². The Labute approximate surface area is 157 Å². The second kappa shape index (κ2) is 7.40. The first-order valence-electron chi connectivity index (χ1n) is 7.86. The van der Waals surface area contributed by atoms with Gasteiger partial charge in [0, 0.05) is 11.2 Å². The van der Waals surface area contributed by atoms with Crippen molar-refractivity contribution in [1.82, 2.24) is 14.8 Å². The molecule has 0 unspecified atom stereocenters. The van der Waals surface area contributed by atoms with Gasteiger partial charge in [-0.1, -0.05) is 29.8 Å². The summed E-state index contributed by atoms with van der Waals surface area (Å²) in [5.74, 6) is -0.770. The number of carbonyl (C=O) groups is 1. The summed E-state index contributed by atoms with van der Waals surface area (Å²) >= 11 is 5.95. The monoisotopic (exact) mass is 394 g/mol. The van der Waals surface area contributed by atoms with E-state index in [9.17, 15) is 18.0 Å². The Bertz CT molecular complexity index is 985. The fraction of sp³-hybridized carbons (Fsp3) is 0.167. The molecule has 5 nitrogen and oxygen atoms in total. The predicted octanol–water partition coefficient (Wildman–Crippen LogP) is 4.56. The summed E-state index contributed by atoms with van der Waals surface area (Å²) in [5, 5.41) is 7.23. The van der Waals surface area contributed by atoms with Crippen LogP contribution in [-0.2, 0) is 12.7 Å². The first kappa shape index (κ1) is 18.9. The van der Waals surface area contributed by atoms with E-state index in [1.807, 2.05) is 6.07 Å². The second-order valence-electron chi connectivity index (χ2n) is 5.82. The van der Waals surface area contributed by atoms with Crippen molar-refractivity contribution in [3.8, 4) is 0 Å². The highest BCUT2D eigenvalue weighted by atomic mass is 35.5. The largest absolute Gasteiger partial charge is 0.433 e. The third-order valence-corrected chi connectivity index (χ3v) is 3.94. The maximum atomic E-state index is 12.7. The Morgan fingerprint density at radius 1 is 1.22 bits per heavy atom. The summed E-state index contributed by atoms with van der Waals surface area (Å²) < 4.78 is 39.8. The summed E-state index contributed by atoms with van der Waals surface area (Å²) in [5.41, 5.74) is 0.517. The lowest BCUT2D eigenvalue weighted by molar-refractivity contribution is -0.141. The Kier molecular flexibility index (Phi) is 5.18. The average Bonchev–Trinajstić information content (AvgIpc) is 2.95. The minimum absolute atomic E-state index is 0.184. The van der Waals surface area contributed by atoms with Crippen LogP contribution in [0.5, 0.6) is 0 Å². The Balaban J connectivity index is 1.77. The van der Waals surface area contributed by atoms with Crippen LogP contribution < -0.4 is 5.32 Å². The molecule has 0 aliphatic heterocycles. The van der Waals surface area contributed by atoms with Gasteiger partial charge in [0.1, 0.15) is 11.5 Å². The number of aromatic nitrogens is 3. The number of aryl methyl sites for hydroxylation is 1. The molecule has 27 heavy (non-hydrogen) atoms. The van der Waals surface area contributed by atoms with E-state index < -0.39 is 17.8 Å². The zero-order valence-electron chi connectivity index (χ0n) is 14.1. The fourth-order valence-electron chi connectivity index (χ4n) is 2.49. The molecule has 2 heterocycles. The number of anilines is 1. The topological polar surface area (TPSA) is 59.8 Å². The maximum absolute atomic E-state index is 12.7. The molecule has 9 heteroatoms. The third-order valence-electron chi connectivity index (χ3n) is 3.71. The third kappa shape index (κ3) is 4.65. The van der Waals surface area contributed by atoms with Gasteiger partial charge in [-0.05, 0) is 36.8 Å². The summed E-state index contributed by atoms with van der Waals surface area (Å²) in [6.45, 7) is 2.04. The van der Waals surface area contributed by atoms with Crippen molar-refractivity contribution in [2.45, 2.75) is 19.6 Å². The van der Waals surface area contributed by atoms with Gasteiger partial charge in [-0.15, -0.1) is 0 Å². The SMILES string of the molecule is Cc1nn(Cc2cccc(Cl)c2)cc1C(=O)Nc1cccc(C(F)(F)F)n1. The second-order valence-corrected chi connectivity index (χ2v) is 6.25. The van der Waals surface area contributed by atoms with Crippen LogP contribution in [-0.4, -0.2) is 20.7 Å². The van der Waals surface area contributed by atoms with Gasteiger partial charge in [-0.25, -0.2) is 4.98 Å². The van der Waals surface area contributed by atoms with Crippen LogP contribution in [0.3, 0.4) is 0 Å². The lowest BCUT2D eigenvalue weighted by Crippen LogP contribution is -2.15. The Morgan fingerprint density at radius 3 is 2.67 bits per heavy atom. The lowest BCUT2D eigenvalue weighted by Gasteiger charge is -2.08. The first-order chi connectivity index (χ1) is 12.7. The van der Waals surface area contributed by atoms with Gasteiger partial charge in [0.15, 0.2) is 0 Å². The number of hydrogen-bond acceptors (Lipinski definition) is 3. The minimum atomic E-state index is -4.58. The number of pyridine rings is 1. The molecule has 0 bridgehead atoms. The predicted molar refractivity (Wildman–Crippen MR) is 94.7 cm³/mol. The molecule has 140 valence electrons.